The zero-order valence-electron chi connectivity index (χ0n) is 20.4. The number of allylic oxidation sites excluding steroid dienone is 1. The summed E-state index contributed by atoms with van der Waals surface area (Å²) in [6.45, 7) is 17.1. The molecule has 0 aliphatic heterocycles. The molecule has 0 saturated heterocycles. The molecule has 0 aliphatic carbocycles. The molecule has 0 N–H and O–H groups in total. The molecule has 0 spiro atoms. The van der Waals surface area contributed by atoms with Crippen molar-refractivity contribution in [2.24, 2.45) is 5.41 Å². The van der Waals surface area contributed by atoms with Crippen LogP contribution in [0.15, 0.2) is 17.0 Å². The number of ether oxygens (including phenoxy) is 2. The summed E-state index contributed by atoms with van der Waals surface area (Å²) in [5, 5.41) is 0.353. The third-order valence-electron chi connectivity index (χ3n) is 6.01. The maximum atomic E-state index is 13.7. The lowest BCUT2D eigenvalue weighted by Crippen LogP contribution is -2.51. The van der Waals surface area contributed by atoms with Crippen LogP contribution in [0, 0.1) is 17.3 Å². The highest BCUT2D eigenvalue weighted by molar-refractivity contribution is 6.89. The average Bonchev–Trinajstić information content (AvgIpc) is 2.64. The summed E-state index contributed by atoms with van der Waals surface area (Å²) in [7, 11) is -2.67. The molecule has 31 heavy (non-hydrogen) atoms. The maximum Gasteiger partial charge on any atom is 0.324 e. The van der Waals surface area contributed by atoms with E-state index in [2.05, 4.69) is 17.6 Å². The minimum atomic E-state index is -2.67. The van der Waals surface area contributed by atoms with Crippen molar-refractivity contribution in [3.63, 3.8) is 0 Å². The van der Waals surface area contributed by atoms with E-state index in [9.17, 15) is 18.4 Å². The molecule has 0 radical (unpaired) electrons. The summed E-state index contributed by atoms with van der Waals surface area (Å²) in [6, 6.07) is 0. The first kappa shape index (κ1) is 29.1. The van der Waals surface area contributed by atoms with Crippen LogP contribution in [0.5, 0.6) is 0 Å². The van der Waals surface area contributed by atoms with Crippen molar-refractivity contribution in [3.05, 3.63) is 17.0 Å². The maximum absolute atomic E-state index is 13.7. The second-order valence-electron chi connectivity index (χ2n) is 8.56. The number of rotatable bonds is 11. The van der Waals surface area contributed by atoms with Crippen LogP contribution in [-0.2, 0) is 19.1 Å². The predicted octanol–water partition coefficient (Wildman–Crippen LogP) is 6.43. The molecule has 0 aromatic rings. The highest BCUT2D eigenvalue weighted by Gasteiger charge is 2.54. The molecule has 0 bridgehead atoms. The Hall–Kier alpha value is -1.90. The van der Waals surface area contributed by atoms with E-state index in [1.54, 1.807) is 20.8 Å². The van der Waals surface area contributed by atoms with Gasteiger partial charge >= 0.3 is 18.0 Å². The summed E-state index contributed by atoms with van der Waals surface area (Å²) < 4.78 is 37.8. The van der Waals surface area contributed by atoms with Crippen LogP contribution < -0.4 is 0 Å². The molecule has 0 fully saturated rings. The van der Waals surface area contributed by atoms with E-state index in [-0.39, 0.29) is 42.7 Å². The van der Waals surface area contributed by atoms with E-state index in [1.165, 1.54) is 0 Å². The molecule has 0 unspecified atom stereocenters. The van der Waals surface area contributed by atoms with Crippen LogP contribution in [0.25, 0.3) is 0 Å². The van der Waals surface area contributed by atoms with Crippen LogP contribution in [0.3, 0.4) is 0 Å². The first-order chi connectivity index (χ1) is 14.4. The van der Waals surface area contributed by atoms with E-state index in [1.807, 2.05) is 41.5 Å². The highest BCUT2D eigenvalue weighted by Crippen LogP contribution is 2.50. The Morgan fingerprint density at radius 2 is 1.32 bits per heavy atom. The van der Waals surface area contributed by atoms with Gasteiger partial charge in [0, 0.05) is 12.8 Å². The van der Waals surface area contributed by atoms with E-state index in [0.717, 1.165) is 0 Å². The SMILES string of the molecule is CC#CCC(CC(=C=C(F)F)[Si](C(C)C)(C(C)C)C(C)C)(C(=O)OCC)C(=O)OCC. The van der Waals surface area contributed by atoms with Crippen molar-refractivity contribution in [1.82, 2.24) is 0 Å². The standard InChI is InChI=1S/C24H38F2O4Si/c1-10-13-14-24(22(27)29-11-2,23(28)30-12-3)16-20(15-21(25)26)31(17(4)5,18(6)7)19(8)9/h17-19H,11-12,14,16H2,1-9H3. The van der Waals surface area contributed by atoms with E-state index >= 15 is 0 Å². The normalized spacial score (nSPS) is 11.7. The molecular weight excluding hydrogens is 418 g/mol. The number of hydrogen-bond donors (Lipinski definition) is 0. The zero-order valence-corrected chi connectivity index (χ0v) is 21.4. The smallest absolute Gasteiger partial charge is 0.324 e. The molecule has 176 valence electrons. The van der Waals surface area contributed by atoms with Crippen molar-refractivity contribution in [2.45, 2.75) is 91.8 Å². The van der Waals surface area contributed by atoms with Gasteiger partial charge in [0.1, 0.15) is 0 Å². The first-order valence-corrected chi connectivity index (χ1v) is 13.2. The third-order valence-corrected chi connectivity index (χ3v) is 13.1. The Bertz CT molecular complexity index is 710. The van der Waals surface area contributed by atoms with Gasteiger partial charge in [-0.05, 0) is 42.6 Å². The predicted molar refractivity (Wildman–Crippen MR) is 122 cm³/mol. The van der Waals surface area contributed by atoms with Crippen molar-refractivity contribution in [1.29, 1.82) is 0 Å². The number of carbonyl (C=O) groups is 2. The van der Waals surface area contributed by atoms with Crippen molar-refractivity contribution < 1.29 is 27.8 Å². The lowest BCUT2D eigenvalue weighted by atomic mass is 9.81. The Balaban J connectivity index is 7.21. The molecule has 0 rings (SSSR count). The first-order valence-electron chi connectivity index (χ1n) is 10.9. The quantitative estimate of drug-likeness (QED) is 0.118. The molecule has 0 aromatic carbocycles. The van der Waals surface area contributed by atoms with Gasteiger partial charge in [-0.25, -0.2) is 0 Å². The van der Waals surface area contributed by atoms with Gasteiger partial charge in [-0.1, -0.05) is 47.3 Å². The number of esters is 2. The van der Waals surface area contributed by atoms with E-state index < -0.39 is 31.5 Å². The second kappa shape index (κ2) is 12.8. The third kappa shape index (κ3) is 6.54. The minimum absolute atomic E-state index is 0.0486. The molecule has 0 aromatic heterocycles. The molecule has 0 amide bonds. The Kier molecular flexibility index (Phi) is 12.0. The van der Waals surface area contributed by atoms with Gasteiger partial charge in [-0.3, -0.25) is 9.59 Å². The minimum Gasteiger partial charge on any atom is -0.465 e. The topological polar surface area (TPSA) is 52.6 Å². The van der Waals surface area contributed by atoms with Gasteiger partial charge in [0.15, 0.2) is 5.41 Å². The molecular formula is C24H38F2O4Si. The van der Waals surface area contributed by atoms with Crippen molar-refractivity contribution >= 4 is 20.0 Å². The number of carbonyl (C=O) groups excluding carboxylic acids is 2. The van der Waals surface area contributed by atoms with E-state index in [4.69, 9.17) is 9.47 Å². The summed E-state index contributed by atoms with van der Waals surface area (Å²) in [4.78, 5) is 26.3. The monoisotopic (exact) mass is 456 g/mol. The zero-order chi connectivity index (χ0) is 24.4. The molecule has 0 aliphatic rings. The largest absolute Gasteiger partial charge is 0.465 e. The van der Waals surface area contributed by atoms with E-state index in [0.29, 0.717) is 5.20 Å². The fraction of sp³-hybridized carbons (Fsp3) is 0.708. The molecule has 4 nitrogen and oxygen atoms in total. The number of halogens is 2. The molecule has 0 atom stereocenters. The van der Waals surface area contributed by atoms with Crippen LogP contribution in [0.4, 0.5) is 8.78 Å². The fourth-order valence-electron chi connectivity index (χ4n) is 4.98. The van der Waals surface area contributed by atoms with Gasteiger partial charge in [-0.2, -0.15) is 8.78 Å². The van der Waals surface area contributed by atoms with Gasteiger partial charge < -0.3 is 9.47 Å². The Morgan fingerprint density at radius 3 is 1.61 bits per heavy atom. The lowest BCUT2D eigenvalue weighted by Gasteiger charge is -2.45. The second-order valence-corrected chi connectivity index (χ2v) is 14.5. The number of hydrogen-bond acceptors (Lipinski definition) is 4. The van der Waals surface area contributed by atoms with Crippen LogP contribution in [0.2, 0.25) is 16.6 Å². The fourth-order valence-corrected chi connectivity index (χ4v) is 12.0. The summed E-state index contributed by atoms with van der Waals surface area (Å²) >= 11 is 0. The molecule has 0 saturated carbocycles. The van der Waals surface area contributed by atoms with Gasteiger partial charge in [-0.15, -0.1) is 11.8 Å². The summed E-state index contributed by atoms with van der Waals surface area (Å²) in [6.07, 6.45) is -2.37. The van der Waals surface area contributed by atoms with Gasteiger partial charge in [0.25, 0.3) is 0 Å². The van der Waals surface area contributed by atoms with Crippen LogP contribution in [0.1, 0.15) is 75.2 Å². The van der Waals surface area contributed by atoms with Gasteiger partial charge in [0.2, 0.25) is 0 Å². The molecule has 7 heteroatoms. The Labute approximate surface area is 187 Å². The van der Waals surface area contributed by atoms with Crippen LogP contribution in [-0.4, -0.2) is 33.2 Å². The summed E-state index contributed by atoms with van der Waals surface area (Å²) in [5.41, 5.74) is 0.705. The molecule has 0 heterocycles. The van der Waals surface area contributed by atoms with Crippen molar-refractivity contribution in [3.8, 4) is 11.8 Å². The van der Waals surface area contributed by atoms with Crippen molar-refractivity contribution in [2.75, 3.05) is 13.2 Å². The lowest BCUT2D eigenvalue weighted by molar-refractivity contribution is -0.171. The van der Waals surface area contributed by atoms with Crippen LogP contribution >= 0.6 is 0 Å². The van der Waals surface area contributed by atoms with Gasteiger partial charge in [0.05, 0.1) is 21.3 Å². The average molecular weight is 457 g/mol. The summed E-state index contributed by atoms with van der Waals surface area (Å²) in [5.74, 6) is 3.90. The Morgan fingerprint density at radius 1 is 0.903 bits per heavy atom. The highest BCUT2D eigenvalue weighted by atomic mass is 28.3.